The lowest BCUT2D eigenvalue weighted by Crippen LogP contribution is -2.45. The molecule has 0 radical (unpaired) electrons. The first-order chi connectivity index (χ1) is 15.6. The van der Waals surface area contributed by atoms with Crippen molar-refractivity contribution in [3.63, 3.8) is 0 Å². The highest BCUT2D eigenvalue weighted by Crippen LogP contribution is 2.37. The molecular formula is C26H26N2O3S. The van der Waals surface area contributed by atoms with E-state index in [1.165, 1.54) is 22.3 Å². The first kappa shape index (κ1) is 22.0. The fourth-order valence-corrected chi connectivity index (χ4v) is 4.33. The zero-order chi connectivity index (χ0) is 22.3. The molecule has 3 aromatic carbocycles. The Morgan fingerprint density at radius 3 is 2.53 bits per heavy atom. The van der Waals surface area contributed by atoms with E-state index in [0.29, 0.717) is 12.2 Å². The van der Waals surface area contributed by atoms with Crippen LogP contribution in [0.5, 0.6) is 5.75 Å². The van der Waals surface area contributed by atoms with E-state index < -0.39 is 6.04 Å². The molecule has 0 aromatic heterocycles. The predicted octanol–water partition coefficient (Wildman–Crippen LogP) is 4.51. The molecule has 0 saturated carbocycles. The highest BCUT2D eigenvalue weighted by molar-refractivity contribution is 7.98. The molecular weight excluding hydrogens is 420 g/mol. The summed E-state index contributed by atoms with van der Waals surface area (Å²) in [6, 6.07) is 22.9. The molecule has 0 saturated heterocycles. The van der Waals surface area contributed by atoms with Crippen LogP contribution in [-0.2, 0) is 16.0 Å². The number of carbonyl (C=O) groups excluding carboxylic acids is 2. The fraction of sp³-hybridized carbons (Fsp3) is 0.231. The number of fused-ring (bicyclic) bond motifs is 3. The summed E-state index contributed by atoms with van der Waals surface area (Å²) in [6.07, 6.45) is 3.38. The number of hydrogen-bond acceptors (Lipinski definition) is 4. The Morgan fingerprint density at radius 1 is 0.969 bits per heavy atom. The molecule has 4 rings (SSSR count). The summed E-state index contributed by atoms with van der Waals surface area (Å²) in [5, 5.41) is 5.80. The van der Waals surface area contributed by atoms with Crippen LogP contribution in [-0.4, -0.2) is 36.5 Å². The largest absolute Gasteiger partial charge is 0.484 e. The minimum absolute atomic E-state index is 0.135. The number of benzene rings is 3. The molecule has 1 aliphatic carbocycles. The van der Waals surface area contributed by atoms with E-state index in [1.807, 2.05) is 48.7 Å². The molecule has 0 aliphatic heterocycles. The number of anilines is 1. The van der Waals surface area contributed by atoms with Crippen LogP contribution >= 0.6 is 11.8 Å². The Balaban J connectivity index is 1.38. The molecule has 3 aromatic rings. The third-order valence-electron chi connectivity index (χ3n) is 5.44. The van der Waals surface area contributed by atoms with Crippen molar-refractivity contribution in [2.75, 3.05) is 23.9 Å². The Kier molecular flexibility index (Phi) is 7.12. The van der Waals surface area contributed by atoms with E-state index in [4.69, 9.17) is 4.74 Å². The second kappa shape index (κ2) is 10.4. The van der Waals surface area contributed by atoms with Gasteiger partial charge in [0.15, 0.2) is 6.61 Å². The molecule has 0 bridgehead atoms. The van der Waals surface area contributed by atoms with Crippen molar-refractivity contribution < 1.29 is 14.3 Å². The Bertz CT molecular complexity index is 1100. The lowest BCUT2D eigenvalue weighted by molar-refractivity contribution is -0.127. The molecule has 32 heavy (non-hydrogen) atoms. The van der Waals surface area contributed by atoms with Gasteiger partial charge >= 0.3 is 0 Å². The van der Waals surface area contributed by atoms with E-state index >= 15 is 0 Å². The number of hydrogen-bond donors (Lipinski definition) is 2. The standard InChI is InChI=1S/C26H26N2O3S/c1-32-14-13-24(28-25(29)17-31-21-8-3-2-4-9-21)26(30)27-20-11-12-23-19(16-20)15-18-7-5-6-10-22(18)23/h2-12,16,24H,13-15,17H2,1H3,(H,27,30)(H,28,29). The smallest absolute Gasteiger partial charge is 0.258 e. The first-order valence-electron chi connectivity index (χ1n) is 10.6. The topological polar surface area (TPSA) is 67.4 Å². The summed E-state index contributed by atoms with van der Waals surface area (Å²) in [4.78, 5) is 25.4. The maximum absolute atomic E-state index is 13.0. The summed E-state index contributed by atoms with van der Waals surface area (Å²) < 4.78 is 5.50. The van der Waals surface area contributed by atoms with Gasteiger partial charge in [-0.05, 0) is 71.4 Å². The first-order valence-corrected chi connectivity index (χ1v) is 12.0. The Labute approximate surface area is 192 Å². The van der Waals surface area contributed by atoms with Crippen LogP contribution < -0.4 is 15.4 Å². The molecule has 2 N–H and O–H groups in total. The van der Waals surface area contributed by atoms with Gasteiger partial charge in [0.2, 0.25) is 5.91 Å². The lowest BCUT2D eigenvalue weighted by Gasteiger charge is -2.19. The highest BCUT2D eigenvalue weighted by atomic mass is 32.2. The molecule has 164 valence electrons. The third-order valence-corrected chi connectivity index (χ3v) is 6.08. The summed E-state index contributed by atoms with van der Waals surface area (Å²) in [5.74, 6) is 0.839. The number of nitrogens with one attached hydrogen (secondary N) is 2. The number of thioether (sulfide) groups is 1. The van der Waals surface area contributed by atoms with Gasteiger partial charge in [-0.1, -0.05) is 48.5 Å². The van der Waals surface area contributed by atoms with E-state index in [-0.39, 0.29) is 18.4 Å². The van der Waals surface area contributed by atoms with Crippen molar-refractivity contribution >= 4 is 29.3 Å². The van der Waals surface area contributed by atoms with Crippen LogP contribution in [0.15, 0.2) is 72.8 Å². The molecule has 5 nitrogen and oxygen atoms in total. The van der Waals surface area contributed by atoms with Crippen LogP contribution in [0, 0.1) is 0 Å². The normalized spacial score (nSPS) is 12.4. The molecule has 1 atom stereocenters. The van der Waals surface area contributed by atoms with Crippen molar-refractivity contribution in [3.8, 4) is 16.9 Å². The van der Waals surface area contributed by atoms with Crippen molar-refractivity contribution in [2.45, 2.75) is 18.9 Å². The Morgan fingerprint density at radius 2 is 1.72 bits per heavy atom. The van der Waals surface area contributed by atoms with Gasteiger partial charge in [-0.3, -0.25) is 9.59 Å². The van der Waals surface area contributed by atoms with E-state index in [2.05, 4.69) is 28.8 Å². The zero-order valence-electron chi connectivity index (χ0n) is 18.0. The second-order valence-corrected chi connectivity index (χ2v) is 8.68. The minimum atomic E-state index is -0.625. The zero-order valence-corrected chi connectivity index (χ0v) is 18.8. The molecule has 0 fully saturated rings. The van der Waals surface area contributed by atoms with Crippen LogP contribution in [0.3, 0.4) is 0 Å². The SMILES string of the molecule is CSCCC(NC(=O)COc1ccccc1)C(=O)Nc1ccc2c(c1)Cc1ccccc1-2. The van der Waals surface area contributed by atoms with Crippen molar-refractivity contribution in [1.29, 1.82) is 0 Å². The predicted molar refractivity (Wildman–Crippen MR) is 130 cm³/mol. The molecule has 0 spiro atoms. The van der Waals surface area contributed by atoms with Crippen LogP contribution in [0.1, 0.15) is 17.5 Å². The minimum Gasteiger partial charge on any atom is -0.484 e. The van der Waals surface area contributed by atoms with E-state index in [0.717, 1.165) is 17.9 Å². The molecule has 1 unspecified atom stereocenters. The van der Waals surface area contributed by atoms with Gasteiger partial charge in [0, 0.05) is 5.69 Å². The van der Waals surface area contributed by atoms with Gasteiger partial charge in [0.05, 0.1) is 0 Å². The van der Waals surface area contributed by atoms with E-state index in [1.54, 1.807) is 23.9 Å². The number of para-hydroxylation sites is 1. The van der Waals surface area contributed by atoms with Gasteiger partial charge in [0.1, 0.15) is 11.8 Å². The summed E-state index contributed by atoms with van der Waals surface area (Å²) >= 11 is 1.64. The van der Waals surface area contributed by atoms with Gasteiger partial charge in [-0.15, -0.1) is 0 Å². The fourth-order valence-electron chi connectivity index (χ4n) is 3.86. The van der Waals surface area contributed by atoms with Crippen LogP contribution in [0.25, 0.3) is 11.1 Å². The average molecular weight is 447 g/mol. The maximum Gasteiger partial charge on any atom is 0.258 e. The highest BCUT2D eigenvalue weighted by Gasteiger charge is 2.22. The average Bonchev–Trinajstić information content (AvgIpc) is 3.18. The van der Waals surface area contributed by atoms with Crippen molar-refractivity contribution in [2.24, 2.45) is 0 Å². The molecule has 6 heteroatoms. The maximum atomic E-state index is 13.0. The van der Waals surface area contributed by atoms with Crippen molar-refractivity contribution in [3.05, 3.63) is 83.9 Å². The molecule has 0 heterocycles. The number of amides is 2. The van der Waals surface area contributed by atoms with Crippen LogP contribution in [0.2, 0.25) is 0 Å². The number of carbonyl (C=O) groups is 2. The molecule has 2 amide bonds. The summed E-state index contributed by atoms with van der Waals surface area (Å²) in [5.41, 5.74) is 5.71. The third kappa shape index (κ3) is 5.32. The van der Waals surface area contributed by atoms with Crippen LogP contribution in [0.4, 0.5) is 5.69 Å². The lowest BCUT2D eigenvalue weighted by atomic mass is 10.1. The quantitative estimate of drug-likeness (QED) is 0.397. The molecule has 1 aliphatic rings. The van der Waals surface area contributed by atoms with Gasteiger partial charge in [-0.2, -0.15) is 11.8 Å². The Hall–Kier alpha value is -3.25. The summed E-state index contributed by atoms with van der Waals surface area (Å²) in [6.45, 7) is -0.135. The summed E-state index contributed by atoms with van der Waals surface area (Å²) in [7, 11) is 0. The monoisotopic (exact) mass is 446 g/mol. The van der Waals surface area contributed by atoms with Gasteiger partial charge in [-0.25, -0.2) is 0 Å². The number of ether oxygens (including phenoxy) is 1. The van der Waals surface area contributed by atoms with E-state index in [9.17, 15) is 9.59 Å². The van der Waals surface area contributed by atoms with Gasteiger partial charge < -0.3 is 15.4 Å². The number of rotatable bonds is 9. The second-order valence-electron chi connectivity index (χ2n) is 7.70. The van der Waals surface area contributed by atoms with Gasteiger partial charge in [0.25, 0.3) is 5.91 Å². The van der Waals surface area contributed by atoms with Crippen molar-refractivity contribution in [1.82, 2.24) is 5.32 Å².